The molecule has 0 radical (unpaired) electrons. The maximum atomic E-state index is 11.7. The van der Waals surface area contributed by atoms with Gasteiger partial charge in [0.2, 0.25) is 0 Å². The Morgan fingerprint density at radius 3 is 2.84 bits per heavy atom. The van der Waals surface area contributed by atoms with Gasteiger partial charge in [-0.1, -0.05) is 18.2 Å². The standard InChI is InChI=1S/C18H18N4O2.ClH/c23-18-20-8-2-7-19-14-5-6-16-15(10-14)17(22-21-16)13-4-1-3-12(9-13)11-24-18;/h1,3-6,9-10,19H,2,7-8,11H2,(H,20,23)(H,21,22);1H. The van der Waals surface area contributed by atoms with Crippen LogP contribution < -0.4 is 10.6 Å². The molecule has 4 rings (SSSR count). The van der Waals surface area contributed by atoms with Crippen molar-refractivity contribution in [3.05, 3.63) is 48.0 Å². The van der Waals surface area contributed by atoms with Crippen molar-refractivity contribution >= 4 is 35.1 Å². The van der Waals surface area contributed by atoms with Gasteiger partial charge in [0, 0.05) is 29.7 Å². The first-order valence-corrected chi connectivity index (χ1v) is 8.01. The van der Waals surface area contributed by atoms with Crippen LogP contribution in [0.3, 0.4) is 0 Å². The molecule has 0 saturated heterocycles. The molecule has 1 aromatic heterocycles. The van der Waals surface area contributed by atoms with E-state index in [2.05, 4.69) is 26.9 Å². The van der Waals surface area contributed by atoms with Crippen LogP contribution in [-0.2, 0) is 11.3 Å². The van der Waals surface area contributed by atoms with Crippen LogP contribution in [0.1, 0.15) is 12.0 Å². The Kier molecular flexibility index (Phi) is 5.09. The smallest absolute Gasteiger partial charge is 0.407 e. The second-order valence-electron chi connectivity index (χ2n) is 5.82. The molecule has 25 heavy (non-hydrogen) atoms. The third-order valence-electron chi connectivity index (χ3n) is 4.09. The number of aromatic amines is 1. The lowest BCUT2D eigenvalue weighted by molar-refractivity contribution is 0.139. The lowest BCUT2D eigenvalue weighted by atomic mass is 10.0. The molecular weight excluding hydrogens is 340 g/mol. The number of cyclic esters (lactones) is 1. The van der Waals surface area contributed by atoms with Gasteiger partial charge in [-0.25, -0.2) is 4.79 Å². The monoisotopic (exact) mass is 358 g/mol. The Labute approximate surface area is 151 Å². The number of nitrogens with zero attached hydrogens (tertiary/aromatic N) is 1. The van der Waals surface area contributed by atoms with E-state index in [1.807, 2.05) is 36.4 Å². The summed E-state index contributed by atoms with van der Waals surface area (Å²) in [4.78, 5) is 11.7. The highest BCUT2D eigenvalue weighted by molar-refractivity contribution is 5.95. The minimum Gasteiger partial charge on any atom is -0.445 e. The van der Waals surface area contributed by atoms with E-state index < -0.39 is 6.09 Å². The van der Waals surface area contributed by atoms with Gasteiger partial charge in [0.25, 0.3) is 0 Å². The summed E-state index contributed by atoms with van der Waals surface area (Å²) in [5.74, 6) is 0. The van der Waals surface area contributed by atoms with Crippen molar-refractivity contribution in [3.8, 4) is 11.3 Å². The van der Waals surface area contributed by atoms with E-state index in [9.17, 15) is 4.79 Å². The lowest BCUT2D eigenvalue weighted by Crippen LogP contribution is -2.26. The zero-order chi connectivity index (χ0) is 16.4. The number of hydrogen-bond donors (Lipinski definition) is 3. The van der Waals surface area contributed by atoms with Gasteiger partial charge in [0.15, 0.2) is 0 Å². The Morgan fingerprint density at radius 1 is 1.04 bits per heavy atom. The van der Waals surface area contributed by atoms with E-state index in [0.29, 0.717) is 6.54 Å². The number of carbonyl (C=O) groups is 1. The Hall–Kier alpha value is -2.73. The fourth-order valence-corrected chi connectivity index (χ4v) is 2.86. The van der Waals surface area contributed by atoms with Crippen molar-refractivity contribution in [2.24, 2.45) is 0 Å². The van der Waals surface area contributed by atoms with Crippen molar-refractivity contribution in [1.29, 1.82) is 0 Å². The predicted molar refractivity (Wildman–Crippen MR) is 100 cm³/mol. The number of H-pyrrole nitrogens is 1. The number of aromatic nitrogens is 2. The van der Waals surface area contributed by atoms with Crippen LogP contribution in [0.15, 0.2) is 42.5 Å². The number of carbonyl (C=O) groups excluding carboxylic acids is 1. The van der Waals surface area contributed by atoms with Crippen molar-refractivity contribution in [1.82, 2.24) is 15.5 Å². The molecule has 7 heteroatoms. The van der Waals surface area contributed by atoms with Crippen LogP contribution in [0.2, 0.25) is 0 Å². The average molecular weight is 359 g/mol. The Balaban J connectivity index is 0.00000182. The summed E-state index contributed by atoms with van der Waals surface area (Å²) < 4.78 is 5.26. The van der Waals surface area contributed by atoms with E-state index in [4.69, 9.17) is 4.74 Å². The Bertz CT molecular complexity index is 894. The fraction of sp³-hybridized carbons (Fsp3) is 0.222. The van der Waals surface area contributed by atoms with Crippen LogP contribution >= 0.6 is 12.4 Å². The molecule has 3 aromatic rings. The van der Waals surface area contributed by atoms with Gasteiger partial charge in [-0.15, -0.1) is 12.4 Å². The van der Waals surface area contributed by atoms with Gasteiger partial charge in [0.1, 0.15) is 6.61 Å². The van der Waals surface area contributed by atoms with Crippen molar-refractivity contribution in [3.63, 3.8) is 0 Å². The third kappa shape index (κ3) is 3.69. The molecule has 1 amide bonds. The van der Waals surface area contributed by atoms with Crippen LogP contribution in [-0.4, -0.2) is 29.4 Å². The quantitative estimate of drug-likeness (QED) is 0.572. The highest BCUT2D eigenvalue weighted by atomic mass is 35.5. The molecule has 0 unspecified atom stereocenters. The van der Waals surface area contributed by atoms with Crippen LogP contribution in [0.5, 0.6) is 0 Å². The molecule has 6 nitrogen and oxygen atoms in total. The summed E-state index contributed by atoms with van der Waals surface area (Å²) in [6.45, 7) is 1.59. The number of benzene rings is 2. The number of ether oxygens (including phenoxy) is 1. The molecule has 0 atom stereocenters. The molecule has 2 aromatic carbocycles. The van der Waals surface area contributed by atoms with Crippen molar-refractivity contribution in [2.75, 3.05) is 18.4 Å². The van der Waals surface area contributed by atoms with Gasteiger partial charge in [-0.2, -0.15) is 5.10 Å². The molecule has 2 heterocycles. The van der Waals surface area contributed by atoms with E-state index in [0.717, 1.165) is 46.4 Å². The molecule has 0 spiro atoms. The summed E-state index contributed by atoms with van der Waals surface area (Å²) in [7, 11) is 0. The highest BCUT2D eigenvalue weighted by Crippen LogP contribution is 2.29. The van der Waals surface area contributed by atoms with Crippen LogP contribution in [0, 0.1) is 0 Å². The summed E-state index contributed by atoms with van der Waals surface area (Å²) in [5, 5.41) is 14.7. The largest absolute Gasteiger partial charge is 0.445 e. The zero-order valence-electron chi connectivity index (χ0n) is 13.5. The van der Waals surface area contributed by atoms with Gasteiger partial charge in [0.05, 0.1) is 11.2 Å². The first-order chi connectivity index (χ1) is 11.8. The van der Waals surface area contributed by atoms with E-state index in [1.165, 1.54) is 0 Å². The minimum absolute atomic E-state index is 0. The molecular formula is C18H19ClN4O2. The van der Waals surface area contributed by atoms with Gasteiger partial charge in [-0.3, -0.25) is 5.10 Å². The summed E-state index contributed by atoms with van der Waals surface area (Å²) >= 11 is 0. The lowest BCUT2D eigenvalue weighted by Gasteiger charge is -2.08. The molecule has 0 fully saturated rings. The summed E-state index contributed by atoms with van der Waals surface area (Å²) in [6, 6.07) is 14.1. The van der Waals surface area contributed by atoms with Gasteiger partial charge < -0.3 is 15.4 Å². The third-order valence-corrected chi connectivity index (χ3v) is 4.09. The highest BCUT2D eigenvalue weighted by Gasteiger charge is 2.11. The molecule has 130 valence electrons. The number of rotatable bonds is 0. The number of hydrogen-bond acceptors (Lipinski definition) is 4. The number of amides is 1. The summed E-state index contributed by atoms with van der Waals surface area (Å²) in [5.41, 5.74) is 4.87. The van der Waals surface area contributed by atoms with Crippen molar-refractivity contribution < 1.29 is 9.53 Å². The van der Waals surface area contributed by atoms with E-state index >= 15 is 0 Å². The number of halogens is 1. The molecule has 0 aliphatic carbocycles. The summed E-state index contributed by atoms with van der Waals surface area (Å²) in [6.07, 6.45) is 0.428. The SMILES string of the molecule is Cl.O=C1NCCCNc2ccc3[nH]nc(c3c2)-c2cccc(c2)CO1. The molecule has 3 N–H and O–H groups in total. The van der Waals surface area contributed by atoms with E-state index in [1.54, 1.807) is 0 Å². The predicted octanol–water partition coefficient (Wildman–Crippen LogP) is 3.69. The van der Waals surface area contributed by atoms with Crippen molar-refractivity contribution in [2.45, 2.75) is 13.0 Å². The molecule has 0 saturated carbocycles. The maximum absolute atomic E-state index is 11.7. The van der Waals surface area contributed by atoms with Gasteiger partial charge >= 0.3 is 6.09 Å². The fourth-order valence-electron chi connectivity index (χ4n) is 2.86. The number of alkyl carbamates (subject to hydrolysis) is 1. The van der Waals surface area contributed by atoms with Crippen LogP contribution in [0.25, 0.3) is 22.2 Å². The molecule has 1 aliphatic heterocycles. The van der Waals surface area contributed by atoms with Crippen LogP contribution in [0.4, 0.5) is 10.5 Å². The van der Waals surface area contributed by atoms with Gasteiger partial charge in [-0.05, 0) is 36.2 Å². The average Bonchev–Trinajstić information content (AvgIpc) is 3.02. The number of nitrogens with one attached hydrogen (secondary N) is 3. The number of fused-ring (bicyclic) bond motifs is 4. The first kappa shape index (κ1) is 17.1. The first-order valence-electron chi connectivity index (χ1n) is 8.01. The second kappa shape index (κ2) is 7.44. The number of anilines is 1. The normalized spacial score (nSPS) is 14.5. The zero-order valence-corrected chi connectivity index (χ0v) is 14.4. The maximum Gasteiger partial charge on any atom is 0.407 e. The Morgan fingerprint density at radius 2 is 1.92 bits per heavy atom. The molecule has 4 bridgehead atoms. The topological polar surface area (TPSA) is 79.0 Å². The minimum atomic E-state index is -0.391. The second-order valence-corrected chi connectivity index (χ2v) is 5.82. The van der Waals surface area contributed by atoms with E-state index in [-0.39, 0.29) is 19.0 Å². The molecule has 1 aliphatic rings.